The second-order valence-electron chi connectivity index (χ2n) is 7.01. The first kappa shape index (κ1) is 18.1. The van der Waals surface area contributed by atoms with E-state index in [9.17, 15) is 4.79 Å². The minimum atomic E-state index is -0.685. The summed E-state index contributed by atoms with van der Waals surface area (Å²) < 4.78 is 0. The van der Waals surface area contributed by atoms with E-state index >= 15 is 0 Å². The summed E-state index contributed by atoms with van der Waals surface area (Å²) in [7, 11) is 0. The highest BCUT2D eigenvalue weighted by Crippen LogP contribution is 2.24. The van der Waals surface area contributed by atoms with Crippen LogP contribution in [0, 0.1) is 11.3 Å². The Morgan fingerprint density at radius 1 is 1.04 bits per heavy atom. The number of hydrogen-bond donors (Lipinski definition) is 3. The van der Waals surface area contributed by atoms with Crippen molar-refractivity contribution in [1.29, 1.82) is 5.41 Å². The topological polar surface area (TPSA) is 90.4 Å². The average Bonchev–Trinajstić information content (AvgIpc) is 2.64. The third-order valence-corrected chi connectivity index (χ3v) is 5.06. The number of nitrogen functional groups attached to an aromatic ring is 1. The fourth-order valence-electron chi connectivity index (χ4n) is 3.50. The first-order valence-electron chi connectivity index (χ1n) is 8.99. The van der Waals surface area contributed by atoms with Crippen molar-refractivity contribution in [2.75, 3.05) is 13.1 Å². The molecular weight excluding hydrogens is 326 g/mol. The summed E-state index contributed by atoms with van der Waals surface area (Å²) in [4.78, 5) is 13.2. The predicted octanol–water partition coefficient (Wildman–Crippen LogP) is 3.32. The highest BCUT2D eigenvalue weighted by Gasteiger charge is 2.21. The van der Waals surface area contributed by atoms with Gasteiger partial charge in [0.05, 0.1) is 0 Å². The van der Waals surface area contributed by atoms with Crippen LogP contribution in [0.1, 0.15) is 30.4 Å². The number of nitrogens with zero attached hydrogens (tertiary/aromatic N) is 1. The highest BCUT2D eigenvalue weighted by molar-refractivity contribution is 5.95. The van der Waals surface area contributed by atoms with Crippen LogP contribution in [0.3, 0.4) is 0 Å². The molecule has 3 rings (SSSR count). The minimum absolute atomic E-state index is 0.0824. The fraction of sp³-hybridized carbons (Fsp3) is 0.333. The maximum atomic E-state index is 10.8. The first-order valence-corrected chi connectivity index (χ1v) is 8.99. The zero-order valence-electron chi connectivity index (χ0n) is 14.8. The van der Waals surface area contributed by atoms with Gasteiger partial charge in [0.25, 0.3) is 0 Å². The summed E-state index contributed by atoms with van der Waals surface area (Å²) in [5.41, 5.74) is 9.75. The van der Waals surface area contributed by atoms with Crippen molar-refractivity contribution in [2.24, 2.45) is 11.7 Å². The van der Waals surface area contributed by atoms with E-state index in [4.69, 9.17) is 16.2 Å². The number of nitrogens with two attached hydrogens (primary N) is 1. The van der Waals surface area contributed by atoms with Gasteiger partial charge in [-0.1, -0.05) is 48.5 Å². The zero-order chi connectivity index (χ0) is 18.5. The van der Waals surface area contributed by atoms with Crippen molar-refractivity contribution < 1.29 is 9.90 Å². The number of carboxylic acids is 1. The molecule has 1 saturated heterocycles. The van der Waals surface area contributed by atoms with Crippen LogP contribution in [0.2, 0.25) is 0 Å². The second-order valence-corrected chi connectivity index (χ2v) is 7.01. The number of piperidine rings is 1. The van der Waals surface area contributed by atoms with Crippen molar-refractivity contribution in [3.63, 3.8) is 0 Å². The third-order valence-electron chi connectivity index (χ3n) is 5.06. The van der Waals surface area contributed by atoms with Crippen LogP contribution < -0.4 is 5.73 Å². The molecule has 136 valence electrons. The van der Waals surface area contributed by atoms with Gasteiger partial charge in [0.15, 0.2) is 0 Å². The molecule has 26 heavy (non-hydrogen) atoms. The number of likely N-dealkylation sites (tertiary alicyclic amines) is 1. The van der Waals surface area contributed by atoms with Crippen LogP contribution in [0.15, 0.2) is 48.5 Å². The van der Waals surface area contributed by atoms with E-state index in [1.54, 1.807) is 0 Å². The minimum Gasteiger partial charge on any atom is -0.481 e. The molecule has 0 aliphatic carbocycles. The molecule has 0 unspecified atom stereocenters. The molecule has 1 aliphatic heterocycles. The van der Waals surface area contributed by atoms with Gasteiger partial charge in [0.1, 0.15) is 5.84 Å². The molecular formula is C21H25N3O2. The lowest BCUT2D eigenvalue weighted by Crippen LogP contribution is -2.33. The zero-order valence-corrected chi connectivity index (χ0v) is 14.8. The van der Waals surface area contributed by atoms with Gasteiger partial charge in [-0.25, -0.2) is 0 Å². The first-order chi connectivity index (χ1) is 12.5. The number of rotatable bonds is 6. The Morgan fingerprint density at radius 3 is 2.08 bits per heavy atom. The van der Waals surface area contributed by atoms with Gasteiger partial charge in [0, 0.05) is 18.5 Å². The van der Waals surface area contributed by atoms with Gasteiger partial charge in [-0.3, -0.25) is 15.1 Å². The Hall–Kier alpha value is -2.66. The van der Waals surface area contributed by atoms with Crippen LogP contribution in [-0.4, -0.2) is 34.9 Å². The number of nitrogens with one attached hydrogen (secondary N) is 1. The number of aliphatic carboxylic acids is 1. The Bertz CT molecular complexity index is 761. The van der Waals surface area contributed by atoms with Crippen LogP contribution in [0.4, 0.5) is 0 Å². The summed E-state index contributed by atoms with van der Waals surface area (Å²) >= 11 is 0. The summed E-state index contributed by atoms with van der Waals surface area (Å²) in [6.07, 6.45) is 2.23. The standard InChI is InChI=1S/C21H25N3O2/c22-21(23)19-7-5-18(6-8-19)17-3-1-16(2-4-17)14-24-11-9-15(10-12-24)13-20(25)26/h1-8,15H,9-14H2,(H3,22,23)(H,25,26). The van der Waals surface area contributed by atoms with Crippen molar-refractivity contribution in [3.8, 4) is 11.1 Å². The molecule has 0 radical (unpaired) electrons. The molecule has 0 spiro atoms. The molecule has 1 fully saturated rings. The van der Waals surface area contributed by atoms with E-state index in [1.807, 2.05) is 24.3 Å². The van der Waals surface area contributed by atoms with E-state index in [1.165, 1.54) is 5.56 Å². The molecule has 0 aromatic heterocycles. The molecule has 1 heterocycles. The van der Waals surface area contributed by atoms with Crippen molar-refractivity contribution >= 4 is 11.8 Å². The summed E-state index contributed by atoms with van der Waals surface area (Å²) in [6, 6.07) is 16.2. The van der Waals surface area contributed by atoms with Gasteiger partial charge >= 0.3 is 5.97 Å². The predicted molar refractivity (Wildman–Crippen MR) is 103 cm³/mol. The Labute approximate surface area is 154 Å². The molecule has 2 aromatic carbocycles. The average molecular weight is 351 g/mol. The number of hydrogen-bond acceptors (Lipinski definition) is 3. The van der Waals surface area contributed by atoms with Gasteiger partial charge < -0.3 is 10.8 Å². The van der Waals surface area contributed by atoms with Gasteiger partial charge in [-0.15, -0.1) is 0 Å². The molecule has 5 heteroatoms. The van der Waals surface area contributed by atoms with E-state index in [2.05, 4.69) is 29.2 Å². The Balaban J connectivity index is 1.56. The molecule has 2 aromatic rings. The Morgan fingerprint density at radius 2 is 1.58 bits per heavy atom. The van der Waals surface area contributed by atoms with E-state index in [-0.39, 0.29) is 5.84 Å². The lowest BCUT2D eigenvalue weighted by Gasteiger charge is -2.31. The maximum absolute atomic E-state index is 10.8. The molecule has 0 atom stereocenters. The van der Waals surface area contributed by atoms with Crippen molar-refractivity contribution in [1.82, 2.24) is 4.90 Å². The van der Waals surface area contributed by atoms with Crippen molar-refractivity contribution in [2.45, 2.75) is 25.8 Å². The van der Waals surface area contributed by atoms with Crippen molar-refractivity contribution in [3.05, 3.63) is 59.7 Å². The molecule has 1 aliphatic rings. The molecule has 0 amide bonds. The highest BCUT2D eigenvalue weighted by atomic mass is 16.4. The molecule has 5 nitrogen and oxygen atoms in total. The largest absolute Gasteiger partial charge is 0.481 e. The lowest BCUT2D eigenvalue weighted by molar-refractivity contribution is -0.138. The third kappa shape index (κ3) is 4.70. The van der Waals surface area contributed by atoms with E-state index in [0.29, 0.717) is 12.3 Å². The second kappa shape index (κ2) is 8.15. The smallest absolute Gasteiger partial charge is 0.303 e. The quantitative estimate of drug-likeness (QED) is 0.550. The summed E-state index contributed by atoms with van der Waals surface area (Å²) in [5, 5.41) is 16.3. The van der Waals surface area contributed by atoms with Crippen LogP contribution in [-0.2, 0) is 11.3 Å². The SMILES string of the molecule is N=C(N)c1ccc(-c2ccc(CN3CCC(CC(=O)O)CC3)cc2)cc1. The number of amidine groups is 1. The van der Waals surface area contributed by atoms with Gasteiger partial charge in [0.2, 0.25) is 0 Å². The maximum Gasteiger partial charge on any atom is 0.303 e. The lowest BCUT2D eigenvalue weighted by atomic mass is 9.93. The number of carboxylic acid groups (broad SMARTS) is 1. The Kier molecular flexibility index (Phi) is 5.68. The fourth-order valence-corrected chi connectivity index (χ4v) is 3.50. The number of carbonyl (C=O) groups is 1. The van der Waals surface area contributed by atoms with E-state index < -0.39 is 5.97 Å². The number of benzene rings is 2. The monoisotopic (exact) mass is 351 g/mol. The molecule has 0 saturated carbocycles. The van der Waals surface area contributed by atoms with Gasteiger partial charge in [-0.05, 0) is 48.5 Å². The normalized spacial score (nSPS) is 15.7. The van der Waals surface area contributed by atoms with E-state index in [0.717, 1.165) is 49.2 Å². The molecule has 4 N–H and O–H groups in total. The van der Waals surface area contributed by atoms with Crippen LogP contribution in [0.5, 0.6) is 0 Å². The molecule has 0 bridgehead atoms. The van der Waals surface area contributed by atoms with Gasteiger partial charge in [-0.2, -0.15) is 0 Å². The van der Waals surface area contributed by atoms with Crippen LogP contribution >= 0.6 is 0 Å². The summed E-state index contributed by atoms with van der Waals surface area (Å²) in [5.74, 6) is -0.279. The summed E-state index contributed by atoms with van der Waals surface area (Å²) in [6.45, 7) is 2.84. The van der Waals surface area contributed by atoms with Crippen LogP contribution in [0.25, 0.3) is 11.1 Å².